The molecule has 2 nitrogen and oxygen atoms in total. The smallest absolute Gasteiger partial charge is 0.230 e. The molecule has 0 spiro atoms. The van der Waals surface area contributed by atoms with E-state index in [2.05, 4.69) is 6.07 Å². The van der Waals surface area contributed by atoms with E-state index in [1.807, 2.05) is 54.9 Å². The lowest BCUT2D eigenvalue weighted by Gasteiger charge is -2.44. The summed E-state index contributed by atoms with van der Waals surface area (Å²) < 4.78 is 296. The highest BCUT2D eigenvalue weighted by Gasteiger charge is 2.52. The van der Waals surface area contributed by atoms with Gasteiger partial charge in [-0.1, -0.05) is 35.9 Å². The van der Waals surface area contributed by atoms with Crippen LogP contribution in [0.4, 0.5) is 87.8 Å². The second kappa shape index (κ2) is 17.0. The van der Waals surface area contributed by atoms with Crippen LogP contribution in [-0.2, 0) is 0 Å². The number of fused-ring (bicyclic) bond motifs is 1. The molecule has 1 heterocycles. The number of hydrogen-bond donors (Lipinski definition) is 0. The standard InChI is InChI=1S/C24BF20.C15H11ClNO/c26-5-1(6(27)14(35)21(42)13(5)34)25(2-7(28)15(36)22(43)16(37)8(2)29,3-9(30)17(38)23(44)18(39)10(3)31)4-11(32)19(40)24(45)20(41)12(4)33;16-14-6-3-7-15(10-14)18-17-9-8-12-4-1-2-5-13(12)11-17/h;1-11H/q-1;+1. The molecule has 7 rings (SSSR count). The Hall–Kier alpha value is -6.52. The third kappa shape index (κ3) is 7.30. The summed E-state index contributed by atoms with van der Waals surface area (Å²) in [6.45, 7) is 0. The van der Waals surface area contributed by atoms with Gasteiger partial charge in [-0.25, -0.2) is 92.6 Å². The predicted molar refractivity (Wildman–Crippen MR) is 181 cm³/mol. The summed E-state index contributed by atoms with van der Waals surface area (Å²) in [4.78, 5) is 5.70. The Balaban J connectivity index is 0.000000302. The summed E-state index contributed by atoms with van der Waals surface area (Å²) in [6.07, 6.45) is -3.40. The molecule has 0 fully saturated rings. The summed E-state index contributed by atoms with van der Waals surface area (Å²) in [5.41, 5.74) is -14.3. The van der Waals surface area contributed by atoms with Crippen molar-refractivity contribution >= 4 is 50.4 Å². The van der Waals surface area contributed by atoms with Gasteiger partial charge in [0, 0.05) is 21.9 Å². The lowest BCUT2D eigenvalue weighted by atomic mass is 9.12. The van der Waals surface area contributed by atoms with E-state index in [0.29, 0.717) is 10.8 Å². The van der Waals surface area contributed by atoms with Crippen LogP contribution in [0.1, 0.15) is 0 Å². The van der Waals surface area contributed by atoms with E-state index in [-0.39, 0.29) is 0 Å². The Morgan fingerprint density at radius 1 is 0.349 bits per heavy atom. The van der Waals surface area contributed by atoms with Crippen LogP contribution in [0, 0.1) is 116 Å². The first kappa shape index (κ1) is 46.0. The Morgan fingerprint density at radius 2 is 0.651 bits per heavy atom. The van der Waals surface area contributed by atoms with Crippen molar-refractivity contribution in [3.05, 3.63) is 188 Å². The Morgan fingerprint density at radius 3 is 0.968 bits per heavy atom. The van der Waals surface area contributed by atoms with Crippen molar-refractivity contribution in [1.82, 2.24) is 0 Å². The van der Waals surface area contributed by atoms with Crippen molar-refractivity contribution in [3.63, 3.8) is 0 Å². The second-order valence-electron chi connectivity index (χ2n) is 12.8. The van der Waals surface area contributed by atoms with Crippen molar-refractivity contribution in [2.75, 3.05) is 0 Å². The van der Waals surface area contributed by atoms with E-state index in [4.69, 9.17) is 16.4 Å². The molecule has 0 amide bonds. The molecular formula is C39H11BClF20NO. The summed E-state index contributed by atoms with van der Waals surface area (Å²) in [7, 11) is 0. The van der Waals surface area contributed by atoms with Gasteiger partial charge in [-0.3, -0.25) is 0 Å². The summed E-state index contributed by atoms with van der Waals surface area (Å²) in [5, 5.41) is 2.97. The number of halogens is 21. The van der Waals surface area contributed by atoms with Crippen LogP contribution >= 0.6 is 11.6 Å². The molecule has 0 N–H and O–H groups in total. The van der Waals surface area contributed by atoms with Crippen LogP contribution in [0.2, 0.25) is 5.02 Å². The molecule has 0 radical (unpaired) electrons. The van der Waals surface area contributed by atoms with Gasteiger partial charge in [0.25, 0.3) is 0 Å². The molecule has 1 aromatic heterocycles. The number of rotatable bonds is 6. The first-order valence-corrected chi connectivity index (χ1v) is 17.0. The van der Waals surface area contributed by atoms with Crippen molar-refractivity contribution in [2.45, 2.75) is 0 Å². The molecule has 0 unspecified atom stereocenters. The van der Waals surface area contributed by atoms with Gasteiger partial charge in [-0.05, 0) is 23.6 Å². The van der Waals surface area contributed by atoms with Crippen molar-refractivity contribution < 1.29 is 97.4 Å². The number of pyridine rings is 1. The fraction of sp³-hybridized carbons (Fsp3) is 0. The number of nitrogens with zero attached hydrogens (tertiary/aromatic N) is 1. The van der Waals surface area contributed by atoms with Gasteiger partial charge in [0.05, 0.1) is 5.39 Å². The molecule has 6 aromatic carbocycles. The predicted octanol–water partition coefficient (Wildman–Crippen LogP) is 9.47. The normalized spacial score (nSPS) is 11.6. The van der Waals surface area contributed by atoms with E-state index in [0.717, 1.165) is 5.39 Å². The number of aromatic nitrogens is 1. The van der Waals surface area contributed by atoms with Gasteiger partial charge in [-0.2, -0.15) is 0 Å². The fourth-order valence-corrected chi connectivity index (χ4v) is 6.87. The zero-order valence-corrected chi connectivity index (χ0v) is 30.5. The largest absolute Gasteiger partial charge is 0.231 e. The van der Waals surface area contributed by atoms with E-state index >= 15 is 35.1 Å². The Labute approximate surface area is 341 Å². The highest BCUT2D eigenvalue weighted by molar-refractivity contribution is 7.20. The number of benzene rings is 6. The van der Waals surface area contributed by atoms with Crippen LogP contribution < -0.4 is 31.4 Å². The first-order chi connectivity index (χ1) is 29.5. The monoisotopic (exact) mass is 935 g/mol. The summed E-state index contributed by atoms with van der Waals surface area (Å²) >= 11 is 5.92. The van der Waals surface area contributed by atoms with Gasteiger partial charge in [-0.15, -0.1) is 21.9 Å². The van der Waals surface area contributed by atoms with Crippen LogP contribution in [-0.4, -0.2) is 6.15 Å². The van der Waals surface area contributed by atoms with Gasteiger partial charge in [0.1, 0.15) is 52.7 Å². The van der Waals surface area contributed by atoms with Gasteiger partial charge in [0.2, 0.25) is 18.1 Å². The number of hydrogen-bond acceptors (Lipinski definition) is 1. The maximum absolute atomic E-state index is 15.4. The molecule has 0 aliphatic carbocycles. The highest BCUT2D eigenvalue weighted by Crippen LogP contribution is 2.31. The molecule has 63 heavy (non-hydrogen) atoms. The zero-order valence-electron chi connectivity index (χ0n) is 29.7. The zero-order chi connectivity index (χ0) is 46.7. The molecule has 0 aliphatic rings. The first-order valence-electron chi connectivity index (χ1n) is 16.6. The molecule has 0 aliphatic heterocycles. The van der Waals surface area contributed by atoms with Gasteiger partial charge >= 0.3 is 0 Å². The maximum atomic E-state index is 15.4. The fourth-order valence-electron chi connectivity index (χ4n) is 6.69. The van der Waals surface area contributed by atoms with Crippen molar-refractivity contribution in [3.8, 4) is 5.75 Å². The molecule has 24 heteroatoms. The third-order valence-electron chi connectivity index (χ3n) is 9.38. The summed E-state index contributed by atoms with van der Waals surface area (Å²) in [6, 6.07) is 17.5. The minimum atomic E-state index is -7.22. The van der Waals surface area contributed by atoms with Crippen LogP contribution in [0.25, 0.3) is 10.8 Å². The van der Waals surface area contributed by atoms with E-state index in [9.17, 15) is 52.7 Å². The van der Waals surface area contributed by atoms with Crippen LogP contribution in [0.3, 0.4) is 0 Å². The van der Waals surface area contributed by atoms with Crippen LogP contribution in [0.15, 0.2) is 67.0 Å². The third-order valence-corrected chi connectivity index (χ3v) is 9.61. The quantitative estimate of drug-likeness (QED) is 0.0533. The Bertz CT molecular complexity index is 2640. The van der Waals surface area contributed by atoms with E-state index < -0.39 is 144 Å². The molecular weight excluding hydrogens is 925 g/mol. The molecule has 328 valence electrons. The minimum Gasteiger partial charge on any atom is -0.231 e. The molecule has 0 bridgehead atoms. The highest BCUT2D eigenvalue weighted by atomic mass is 35.5. The van der Waals surface area contributed by atoms with E-state index in [1.54, 1.807) is 10.8 Å². The summed E-state index contributed by atoms with van der Waals surface area (Å²) in [5.74, 6) is -70.7. The lowest BCUT2D eigenvalue weighted by Crippen LogP contribution is -2.81. The maximum Gasteiger partial charge on any atom is 0.230 e. The molecule has 7 aromatic rings. The minimum absolute atomic E-state index is 0.661. The Kier molecular flexibility index (Phi) is 12.4. The topological polar surface area (TPSA) is 13.1 Å². The average molecular weight is 936 g/mol. The van der Waals surface area contributed by atoms with Crippen LogP contribution in [0.5, 0.6) is 5.75 Å². The molecule has 0 saturated heterocycles. The van der Waals surface area contributed by atoms with Gasteiger partial charge in [0.15, 0.2) is 69.8 Å². The second-order valence-corrected chi connectivity index (χ2v) is 13.2. The van der Waals surface area contributed by atoms with E-state index in [1.165, 1.54) is 5.39 Å². The van der Waals surface area contributed by atoms with Gasteiger partial charge < -0.3 is 0 Å². The molecule has 0 atom stereocenters. The lowest BCUT2D eigenvalue weighted by molar-refractivity contribution is -0.874. The SMILES string of the molecule is Clc1cccc(O[n+]2ccc3ccccc3c2)c1.Fc1c(F)c(F)c([B-](c2c(F)c(F)c(F)c(F)c2F)(c2c(F)c(F)c(F)c(F)c2F)c2c(F)c(F)c(F)c(F)c2F)c(F)c1F. The van der Waals surface area contributed by atoms with Crippen molar-refractivity contribution in [1.29, 1.82) is 0 Å². The average Bonchev–Trinajstić information content (AvgIpc) is 3.26. The van der Waals surface area contributed by atoms with Crippen molar-refractivity contribution in [2.24, 2.45) is 0 Å². The molecule has 0 saturated carbocycles.